The summed E-state index contributed by atoms with van der Waals surface area (Å²) < 4.78 is 26.3. The second-order valence-corrected chi connectivity index (χ2v) is 6.65. The number of halogens is 1. The zero-order valence-electron chi connectivity index (χ0n) is 9.60. The molecule has 0 amide bonds. The Bertz CT molecular complexity index is 479. The van der Waals surface area contributed by atoms with Gasteiger partial charge in [0.25, 0.3) is 0 Å². The van der Waals surface area contributed by atoms with Crippen LogP contribution in [-0.4, -0.2) is 25.8 Å². The fraction of sp³-hybridized carbons (Fsp3) is 0.500. The van der Waals surface area contributed by atoms with Gasteiger partial charge in [-0.25, -0.2) is 8.42 Å². The van der Waals surface area contributed by atoms with Crippen LogP contribution < -0.4 is 0 Å². The smallest absolute Gasteiger partial charge is 0.207 e. The molecule has 0 aromatic heterocycles. The van der Waals surface area contributed by atoms with Gasteiger partial charge in [-0.2, -0.15) is 4.31 Å². The van der Waals surface area contributed by atoms with Gasteiger partial charge in [0.2, 0.25) is 10.0 Å². The second kappa shape index (κ2) is 5.38. The molecule has 0 bridgehead atoms. The number of rotatable bonds is 2. The lowest BCUT2D eigenvalue weighted by molar-refractivity contribution is 0.424. The molecule has 1 aromatic carbocycles. The standard InChI is InChI=1S/C12H16ClNO2S/c13-11-6-5-7-12(10-11)17(15,16)14-8-3-1-2-4-9-14/h5-7,10H,1-4,8-9H2. The van der Waals surface area contributed by atoms with E-state index < -0.39 is 10.0 Å². The Morgan fingerprint density at radius 3 is 2.29 bits per heavy atom. The zero-order valence-corrected chi connectivity index (χ0v) is 11.2. The maximum absolute atomic E-state index is 12.4. The van der Waals surface area contributed by atoms with E-state index in [-0.39, 0.29) is 0 Å². The Morgan fingerprint density at radius 1 is 1.06 bits per heavy atom. The molecule has 0 N–H and O–H groups in total. The molecular formula is C12H16ClNO2S. The van der Waals surface area contributed by atoms with Crippen LogP contribution in [0.1, 0.15) is 25.7 Å². The minimum Gasteiger partial charge on any atom is -0.207 e. The van der Waals surface area contributed by atoms with Gasteiger partial charge in [0, 0.05) is 18.1 Å². The minimum atomic E-state index is -3.36. The average molecular weight is 274 g/mol. The van der Waals surface area contributed by atoms with Gasteiger partial charge in [0.15, 0.2) is 0 Å². The van der Waals surface area contributed by atoms with Crippen LogP contribution in [0.4, 0.5) is 0 Å². The van der Waals surface area contributed by atoms with Crippen LogP contribution in [0.25, 0.3) is 0 Å². The Morgan fingerprint density at radius 2 is 1.71 bits per heavy atom. The summed E-state index contributed by atoms with van der Waals surface area (Å²) in [5, 5.41) is 0.459. The SMILES string of the molecule is O=S(=O)(c1cccc(Cl)c1)N1CCCCCC1. The fourth-order valence-corrected chi connectivity index (χ4v) is 3.88. The highest BCUT2D eigenvalue weighted by molar-refractivity contribution is 7.89. The van der Waals surface area contributed by atoms with Gasteiger partial charge >= 0.3 is 0 Å². The third kappa shape index (κ3) is 3.00. The van der Waals surface area contributed by atoms with Gasteiger partial charge in [-0.05, 0) is 31.0 Å². The summed E-state index contributed by atoms with van der Waals surface area (Å²) in [6.07, 6.45) is 4.11. The Balaban J connectivity index is 2.28. The van der Waals surface area contributed by atoms with Gasteiger partial charge in [-0.3, -0.25) is 0 Å². The van der Waals surface area contributed by atoms with Crippen LogP contribution >= 0.6 is 11.6 Å². The molecule has 0 aliphatic carbocycles. The summed E-state index contributed by atoms with van der Waals surface area (Å²) in [4.78, 5) is 0.298. The molecule has 1 aliphatic heterocycles. The van der Waals surface area contributed by atoms with E-state index in [0.717, 1.165) is 25.7 Å². The maximum atomic E-state index is 12.4. The van der Waals surface area contributed by atoms with Crippen molar-refractivity contribution in [1.82, 2.24) is 4.31 Å². The molecule has 1 aromatic rings. The lowest BCUT2D eigenvalue weighted by Gasteiger charge is -2.19. The second-order valence-electron chi connectivity index (χ2n) is 4.28. The number of nitrogens with zero attached hydrogens (tertiary/aromatic N) is 1. The van der Waals surface area contributed by atoms with Gasteiger partial charge in [0.1, 0.15) is 0 Å². The van der Waals surface area contributed by atoms with Crippen molar-refractivity contribution in [1.29, 1.82) is 0 Å². The van der Waals surface area contributed by atoms with E-state index in [0.29, 0.717) is 23.0 Å². The molecule has 1 aliphatic rings. The Labute approximate surface area is 107 Å². The van der Waals surface area contributed by atoms with Crippen molar-refractivity contribution in [2.75, 3.05) is 13.1 Å². The highest BCUT2D eigenvalue weighted by atomic mass is 35.5. The van der Waals surface area contributed by atoms with Crippen molar-refractivity contribution >= 4 is 21.6 Å². The van der Waals surface area contributed by atoms with E-state index in [1.165, 1.54) is 6.07 Å². The summed E-state index contributed by atoms with van der Waals surface area (Å²) >= 11 is 5.84. The summed E-state index contributed by atoms with van der Waals surface area (Å²) in [6.45, 7) is 1.24. The van der Waals surface area contributed by atoms with Crippen molar-refractivity contribution in [3.8, 4) is 0 Å². The largest absolute Gasteiger partial charge is 0.243 e. The number of hydrogen-bond acceptors (Lipinski definition) is 2. The quantitative estimate of drug-likeness (QED) is 0.831. The highest BCUT2D eigenvalue weighted by Gasteiger charge is 2.24. The van der Waals surface area contributed by atoms with Crippen molar-refractivity contribution in [3.63, 3.8) is 0 Å². The monoisotopic (exact) mass is 273 g/mol. The Hall–Kier alpha value is -0.580. The predicted octanol–water partition coefficient (Wildman–Crippen LogP) is 2.90. The van der Waals surface area contributed by atoms with Crippen molar-refractivity contribution < 1.29 is 8.42 Å². The predicted molar refractivity (Wildman–Crippen MR) is 68.7 cm³/mol. The number of benzene rings is 1. The first-order valence-corrected chi connectivity index (χ1v) is 7.68. The fourth-order valence-electron chi connectivity index (χ4n) is 2.06. The van der Waals surface area contributed by atoms with Crippen LogP contribution in [0, 0.1) is 0 Å². The van der Waals surface area contributed by atoms with E-state index in [4.69, 9.17) is 11.6 Å². The minimum absolute atomic E-state index is 0.298. The molecular weight excluding hydrogens is 258 g/mol. The van der Waals surface area contributed by atoms with Gasteiger partial charge in [-0.1, -0.05) is 30.5 Å². The third-order valence-electron chi connectivity index (χ3n) is 3.00. The molecule has 0 radical (unpaired) electrons. The lowest BCUT2D eigenvalue weighted by atomic mass is 10.2. The van der Waals surface area contributed by atoms with E-state index in [2.05, 4.69) is 0 Å². The van der Waals surface area contributed by atoms with Gasteiger partial charge < -0.3 is 0 Å². The first kappa shape index (κ1) is 12.9. The van der Waals surface area contributed by atoms with E-state index in [9.17, 15) is 8.42 Å². The molecule has 17 heavy (non-hydrogen) atoms. The van der Waals surface area contributed by atoms with Crippen LogP contribution in [0.2, 0.25) is 5.02 Å². The van der Waals surface area contributed by atoms with Crippen LogP contribution in [0.15, 0.2) is 29.2 Å². The average Bonchev–Trinajstić information content (AvgIpc) is 2.58. The lowest BCUT2D eigenvalue weighted by Crippen LogP contribution is -2.31. The molecule has 0 unspecified atom stereocenters. The van der Waals surface area contributed by atoms with Crippen LogP contribution in [0.5, 0.6) is 0 Å². The highest BCUT2D eigenvalue weighted by Crippen LogP contribution is 2.22. The van der Waals surface area contributed by atoms with Crippen LogP contribution in [-0.2, 0) is 10.0 Å². The molecule has 1 saturated heterocycles. The first-order valence-electron chi connectivity index (χ1n) is 5.86. The van der Waals surface area contributed by atoms with Crippen molar-refractivity contribution in [2.45, 2.75) is 30.6 Å². The molecule has 0 spiro atoms. The van der Waals surface area contributed by atoms with Crippen molar-refractivity contribution in [2.24, 2.45) is 0 Å². The maximum Gasteiger partial charge on any atom is 0.243 e. The molecule has 1 fully saturated rings. The van der Waals surface area contributed by atoms with E-state index in [1.807, 2.05) is 0 Å². The molecule has 3 nitrogen and oxygen atoms in total. The molecule has 0 saturated carbocycles. The number of hydrogen-bond donors (Lipinski definition) is 0. The molecule has 1 heterocycles. The van der Waals surface area contributed by atoms with Crippen molar-refractivity contribution in [3.05, 3.63) is 29.3 Å². The molecule has 2 rings (SSSR count). The molecule has 5 heteroatoms. The molecule has 94 valence electrons. The normalized spacial score (nSPS) is 18.9. The molecule has 0 atom stereocenters. The van der Waals surface area contributed by atoms with Crippen LogP contribution in [0.3, 0.4) is 0 Å². The first-order chi connectivity index (χ1) is 8.10. The summed E-state index contributed by atoms with van der Waals surface area (Å²) in [7, 11) is -3.36. The third-order valence-corrected chi connectivity index (χ3v) is 5.13. The topological polar surface area (TPSA) is 37.4 Å². The zero-order chi connectivity index (χ0) is 12.3. The van der Waals surface area contributed by atoms with Gasteiger partial charge in [0.05, 0.1) is 4.90 Å². The number of sulfonamides is 1. The van der Waals surface area contributed by atoms with Gasteiger partial charge in [-0.15, -0.1) is 0 Å². The summed E-state index contributed by atoms with van der Waals surface area (Å²) in [5.41, 5.74) is 0. The Kier molecular flexibility index (Phi) is 4.07. The van der Waals surface area contributed by atoms with E-state index >= 15 is 0 Å². The summed E-state index contributed by atoms with van der Waals surface area (Å²) in [5.74, 6) is 0. The van der Waals surface area contributed by atoms with E-state index in [1.54, 1.807) is 22.5 Å². The summed E-state index contributed by atoms with van der Waals surface area (Å²) in [6, 6.07) is 6.48.